The molecule has 0 amide bonds. The van der Waals surface area contributed by atoms with Gasteiger partial charge in [0.05, 0.1) is 0 Å². The predicted molar refractivity (Wildman–Crippen MR) is 104 cm³/mol. The molecule has 2 aromatic carbocycles. The third-order valence-electron chi connectivity index (χ3n) is 3.86. The zero-order valence-electron chi connectivity index (χ0n) is 15.0. The maximum absolute atomic E-state index is 11.2. The Labute approximate surface area is 162 Å². The summed E-state index contributed by atoms with van der Waals surface area (Å²) in [6.45, 7) is 1.90. The van der Waals surface area contributed by atoms with Gasteiger partial charge in [0.25, 0.3) is 0 Å². The van der Waals surface area contributed by atoms with Crippen molar-refractivity contribution in [3.63, 3.8) is 0 Å². The number of nitrogens with zero attached hydrogens (tertiary/aromatic N) is 3. The Bertz CT molecular complexity index is 896. The van der Waals surface area contributed by atoms with E-state index in [2.05, 4.69) is 10.2 Å². The van der Waals surface area contributed by atoms with Gasteiger partial charge in [-0.2, -0.15) is 0 Å². The first-order valence-corrected chi connectivity index (χ1v) is 9.73. The molecule has 140 valence electrons. The number of aromatic nitrogens is 3. The summed E-state index contributed by atoms with van der Waals surface area (Å²) in [6, 6.07) is 17.4. The van der Waals surface area contributed by atoms with Gasteiger partial charge in [-0.05, 0) is 24.6 Å². The highest BCUT2D eigenvalue weighted by Crippen LogP contribution is 2.30. The molecule has 6 nitrogen and oxygen atoms in total. The smallest absolute Gasteiger partial charge is 0.323 e. The lowest BCUT2D eigenvalue weighted by atomic mass is 10.2. The summed E-state index contributed by atoms with van der Waals surface area (Å²) in [4.78, 5) is 11.2. The van der Waals surface area contributed by atoms with Crippen LogP contribution in [0, 0.1) is 0 Å². The van der Waals surface area contributed by atoms with Crippen molar-refractivity contribution < 1.29 is 14.6 Å². The summed E-state index contributed by atoms with van der Waals surface area (Å²) >= 11 is 1.46. The van der Waals surface area contributed by atoms with Gasteiger partial charge in [0, 0.05) is 17.7 Å². The Morgan fingerprint density at radius 1 is 1.11 bits per heavy atom. The summed E-state index contributed by atoms with van der Waals surface area (Å²) in [5.41, 5.74) is 1.01. The number of carbonyl (C=O) groups is 1. The zero-order chi connectivity index (χ0) is 19.1. The molecule has 3 aromatic rings. The molecule has 0 spiro atoms. The third kappa shape index (κ3) is 5.10. The van der Waals surface area contributed by atoms with Crippen LogP contribution in [0.15, 0.2) is 59.8 Å². The summed E-state index contributed by atoms with van der Waals surface area (Å²) in [5.74, 6) is 1.95. The van der Waals surface area contributed by atoms with Crippen molar-refractivity contribution >= 4 is 17.7 Å². The first kappa shape index (κ1) is 19.0. The molecule has 1 aromatic heterocycles. The van der Waals surface area contributed by atoms with E-state index in [1.807, 2.05) is 61.5 Å². The number of hydrogen-bond acceptors (Lipinski definition) is 5. The molecule has 0 radical (unpaired) electrons. The quantitative estimate of drug-likeness (QED) is 0.552. The van der Waals surface area contributed by atoms with Crippen LogP contribution in [-0.2, 0) is 23.5 Å². The topological polar surface area (TPSA) is 77.2 Å². The molecule has 0 fully saturated rings. The predicted octanol–water partition coefficient (Wildman–Crippen LogP) is 4.40. The monoisotopic (exact) mass is 383 g/mol. The molecule has 0 bridgehead atoms. The van der Waals surface area contributed by atoms with E-state index in [1.54, 1.807) is 4.57 Å². The Hall–Kier alpha value is -2.80. The van der Waals surface area contributed by atoms with Crippen molar-refractivity contribution in [3.8, 4) is 11.5 Å². The van der Waals surface area contributed by atoms with Gasteiger partial charge in [0.2, 0.25) is 0 Å². The first-order valence-electron chi connectivity index (χ1n) is 8.75. The Morgan fingerprint density at radius 2 is 1.85 bits per heavy atom. The molecule has 0 saturated carbocycles. The molecule has 1 heterocycles. The van der Waals surface area contributed by atoms with Gasteiger partial charge in [-0.15, -0.1) is 10.2 Å². The highest BCUT2D eigenvalue weighted by atomic mass is 32.2. The molecule has 1 N–H and O–H groups in total. The number of carboxylic acids is 1. The van der Waals surface area contributed by atoms with Gasteiger partial charge in [-0.3, -0.25) is 9.36 Å². The lowest BCUT2D eigenvalue weighted by Crippen LogP contribution is -2.13. The van der Waals surface area contributed by atoms with Crippen LogP contribution in [0.4, 0.5) is 0 Å². The van der Waals surface area contributed by atoms with E-state index in [9.17, 15) is 9.90 Å². The standard InChI is InChI=1S/C20H21N3O3S/c1-2-8-18-21-22-20(23(18)13-19(24)25)27-14-15-9-6-7-12-17(15)26-16-10-4-3-5-11-16/h3-7,9-12H,2,8,13-14H2,1H3,(H,24,25). The Kier molecular flexibility index (Phi) is 6.49. The van der Waals surface area contributed by atoms with Crippen LogP contribution in [0.1, 0.15) is 24.7 Å². The van der Waals surface area contributed by atoms with E-state index in [4.69, 9.17) is 4.74 Å². The van der Waals surface area contributed by atoms with Crippen LogP contribution in [-0.4, -0.2) is 25.8 Å². The van der Waals surface area contributed by atoms with Crippen LogP contribution >= 0.6 is 11.8 Å². The number of ether oxygens (including phenoxy) is 1. The van der Waals surface area contributed by atoms with Crippen molar-refractivity contribution in [1.29, 1.82) is 0 Å². The molecule has 0 atom stereocenters. The summed E-state index contributed by atoms with van der Waals surface area (Å²) < 4.78 is 7.66. The fraction of sp³-hybridized carbons (Fsp3) is 0.250. The molecule has 7 heteroatoms. The number of aryl methyl sites for hydroxylation is 1. The minimum Gasteiger partial charge on any atom is -0.480 e. The minimum atomic E-state index is -0.901. The van der Waals surface area contributed by atoms with Gasteiger partial charge >= 0.3 is 5.97 Å². The van der Waals surface area contributed by atoms with Crippen LogP contribution in [0.5, 0.6) is 11.5 Å². The molecule has 0 aliphatic heterocycles. The van der Waals surface area contributed by atoms with Crippen molar-refractivity contribution in [2.45, 2.75) is 37.2 Å². The molecule has 0 aliphatic rings. The average molecular weight is 383 g/mol. The van der Waals surface area contributed by atoms with Crippen LogP contribution in [0.3, 0.4) is 0 Å². The van der Waals surface area contributed by atoms with E-state index in [0.717, 1.165) is 23.5 Å². The minimum absolute atomic E-state index is 0.132. The van der Waals surface area contributed by atoms with Crippen molar-refractivity contribution in [2.75, 3.05) is 0 Å². The molecule has 0 saturated heterocycles. The third-order valence-corrected chi connectivity index (χ3v) is 4.88. The van der Waals surface area contributed by atoms with Crippen LogP contribution in [0.25, 0.3) is 0 Å². The molecular formula is C20H21N3O3S. The van der Waals surface area contributed by atoms with Gasteiger partial charge in [0.15, 0.2) is 5.16 Å². The lowest BCUT2D eigenvalue weighted by Gasteiger charge is -2.11. The van der Waals surface area contributed by atoms with E-state index in [0.29, 0.717) is 23.2 Å². The van der Waals surface area contributed by atoms with Crippen LogP contribution < -0.4 is 4.74 Å². The Morgan fingerprint density at radius 3 is 2.59 bits per heavy atom. The van der Waals surface area contributed by atoms with Crippen molar-refractivity contribution in [2.24, 2.45) is 0 Å². The molecular weight excluding hydrogens is 362 g/mol. The fourth-order valence-corrected chi connectivity index (χ4v) is 3.56. The number of rotatable bonds is 9. The number of hydrogen-bond donors (Lipinski definition) is 1. The highest BCUT2D eigenvalue weighted by Gasteiger charge is 2.15. The number of carboxylic acid groups (broad SMARTS) is 1. The van der Waals surface area contributed by atoms with Gasteiger partial charge < -0.3 is 9.84 Å². The molecule has 3 rings (SSSR count). The van der Waals surface area contributed by atoms with Gasteiger partial charge in [-0.25, -0.2) is 0 Å². The molecule has 0 aliphatic carbocycles. The fourth-order valence-electron chi connectivity index (χ4n) is 2.61. The zero-order valence-corrected chi connectivity index (χ0v) is 15.9. The number of para-hydroxylation sites is 2. The molecule has 27 heavy (non-hydrogen) atoms. The number of benzene rings is 2. The van der Waals surface area contributed by atoms with E-state index in [-0.39, 0.29) is 6.54 Å². The first-order chi connectivity index (χ1) is 13.2. The van der Waals surface area contributed by atoms with E-state index < -0.39 is 5.97 Å². The van der Waals surface area contributed by atoms with Gasteiger partial charge in [-0.1, -0.05) is 55.1 Å². The van der Waals surface area contributed by atoms with E-state index in [1.165, 1.54) is 11.8 Å². The Balaban J connectivity index is 1.76. The maximum atomic E-state index is 11.2. The van der Waals surface area contributed by atoms with Gasteiger partial charge in [0.1, 0.15) is 23.9 Å². The lowest BCUT2D eigenvalue weighted by molar-refractivity contribution is -0.137. The second-order valence-corrected chi connectivity index (χ2v) is 6.88. The van der Waals surface area contributed by atoms with Crippen molar-refractivity contribution in [3.05, 3.63) is 66.0 Å². The van der Waals surface area contributed by atoms with Crippen molar-refractivity contribution in [1.82, 2.24) is 14.8 Å². The number of thioether (sulfide) groups is 1. The SMILES string of the molecule is CCCc1nnc(SCc2ccccc2Oc2ccccc2)n1CC(=O)O. The second kappa shape index (κ2) is 9.23. The largest absolute Gasteiger partial charge is 0.480 e. The summed E-state index contributed by atoms with van der Waals surface area (Å²) in [5, 5.41) is 18.1. The van der Waals surface area contributed by atoms with E-state index >= 15 is 0 Å². The average Bonchev–Trinajstić information content (AvgIpc) is 3.03. The maximum Gasteiger partial charge on any atom is 0.323 e. The number of aliphatic carboxylic acids is 1. The highest BCUT2D eigenvalue weighted by molar-refractivity contribution is 7.98. The summed E-state index contributed by atoms with van der Waals surface area (Å²) in [7, 11) is 0. The normalized spacial score (nSPS) is 10.7. The second-order valence-electron chi connectivity index (χ2n) is 5.94. The summed E-state index contributed by atoms with van der Waals surface area (Å²) in [6.07, 6.45) is 1.59. The van der Waals surface area contributed by atoms with Crippen LogP contribution in [0.2, 0.25) is 0 Å². The molecule has 0 unspecified atom stereocenters.